The van der Waals surface area contributed by atoms with E-state index in [1.165, 1.54) is 17.3 Å². The molecule has 1 aliphatic rings. The second-order valence-corrected chi connectivity index (χ2v) is 5.03. The summed E-state index contributed by atoms with van der Waals surface area (Å²) in [5, 5.41) is 7.76. The molecule has 18 heavy (non-hydrogen) atoms. The van der Waals surface area contributed by atoms with Gasteiger partial charge in [0.15, 0.2) is 11.1 Å². The van der Waals surface area contributed by atoms with Gasteiger partial charge in [-0.3, -0.25) is 5.41 Å². The number of nitrogens with zero attached hydrogens (tertiary/aromatic N) is 1. The molecule has 0 aromatic heterocycles. The Kier molecular flexibility index (Phi) is 4.09. The van der Waals surface area contributed by atoms with E-state index in [1.807, 2.05) is 18.2 Å². The van der Waals surface area contributed by atoms with Crippen molar-refractivity contribution in [2.45, 2.75) is 12.3 Å². The number of nitrogens with two attached hydrogens (primary N) is 2. The van der Waals surface area contributed by atoms with Crippen molar-refractivity contribution < 1.29 is 4.74 Å². The quantitative estimate of drug-likeness (QED) is 0.557. The van der Waals surface area contributed by atoms with E-state index < -0.39 is 0 Å². The number of ether oxygens (including phenoxy) is 1. The lowest BCUT2D eigenvalue weighted by atomic mass is 9.95. The molecular weight excluding hydrogens is 248 g/mol. The van der Waals surface area contributed by atoms with Gasteiger partial charge in [-0.1, -0.05) is 30.0 Å². The lowest BCUT2D eigenvalue weighted by molar-refractivity contribution is 0.273. The molecule has 1 aliphatic heterocycles. The van der Waals surface area contributed by atoms with Gasteiger partial charge in [0, 0.05) is 11.7 Å². The number of hydrogen-bond acceptors (Lipinski definition) is 3. The molecule has 5 N–H and O–H groups in total. The fraction of sp³-hybridized carbons (Fsp3) is 0.333. The highest BCUT2D eigenvalue weighted by molar-refractivity contribution is 8.13. The lowest BCUT2D eigenvalue weighted by Gasteiger charge is -2.25. The fourth-order valence-electron chi connectivity index (χ4n) is 1.92. The van der Waals surface area contributed by atoms with Gasteiger partial charge in [-0.2, -0.15) is 4.99 Å². The molecule has 0 aliphatic carbocycles. The predicted molar refractivity (Wildman–Crippen MR) is 75.3 cm³/mol. The molecule has 6 heteroatoms. The third-order valence-corrected chi connectivity index (χ3v) is 3.67. The van der Waals surface area contributed by atoms with Crippen molar-refractivity contribution in [3.63, 3.8) is 0 Å². The average molecular weight is 264 g/mol. The summed E-state index contributed by atoms with van der Waals surface area (Å²) < 4.78 is 5.59. The second kappa shape index (κ2) is 5.77. The molecule has 96 valence electrons. The van der Waals surface area contributed by atoms with Crippen molar-refractivity contribution in [1.29, 1.82) is 5.41 Å². The average Bonchev–Trinajstić information content (AvgIpc) is 2.35. The Bertz CT molecular complexity index is 471. The summed E-state index contributed by atoms with van der Waals surface area (Å²) in [6.07, 6.45) is 0.957. The number of aliphatic imine (C=N–C) groups is 1. The molecule has 1 aromatic carbocycles. The SMILES string of the molecule is N=C(N=C(N)N)SCC1CCOc2ccccc21. The number of hydrogen-bond donors (Lipinski definition) is 3. The van der Waals surface area contributed by atoms with Crippen LogP contribution in [-0.4, -0.2) is 23.5 Å². The van der Waals surface area contributed by atoms with Crippen molar-refractivity contribution in [2.75, 3.05) is 12.4 Å². The highest BCUT2D eigenvalue weighted by Crippen LogP contribution is 2.35. The largest absolute Gasteiger partial charge is 0.493 e. The Morgan fingerprint density at radius 2 is 2.22 bits per heavy atom. The van der Waals surface area contributed by atoms with E-state index in [4.69, 9.17) is 21.6 Å². The van der Waals surface area contributed by atoms with E-state index in [9.17, 15) is 0 Å². The summed E-state index contributed by atoms with van der Waals surface area (Å²) in [5.41, 5.74) is 11.7. The van der Waals surface area contributed by atoms with Crippen LogP contribution in [0.4, 0.5) is 0 Å². The van der Waals surface area contributed by atoms with Gasteiger partial charge in [0.05, 0.1) is 6.61 Å². The van der Waals surface area contributed by atoms with Crippen LogP contribution in [0.25, 0.3) is 0 Å². The van der Waals surface area contributed by atoms with Crippen LogP contribution in [-0.2, 0) is 0 Å². The van der Waals surface area contributed by atoms with Gasteiger partial charge < -0.3 is 16.2 Å². The molecule has 5 nitrogen and oxygen atoms in total. The van der Waals surface area contributed by atoms with E-state index in [-0.39, 0.29) is 11.1 Å². The Balaban J connectivity index is 1.99. The first-order valence-electron chi connectivity index (χ1n) is 5.69. The molecule has 0 radical (unpaired) electrons. The van der Waals surface area contributed by atoms with E-state index in [1.54, 1.807) is 0 Å². The van der Waals surface area contributed by atoms with Crippen molar-refractivity contribution in [1.82, 2.24) is 0 Å². The number of guanidine groups is 1. The molecular formula is C12H16N4OS. The fourth-order valence-corrected chi connectivity index (χ4v) is 2.79. The first-order valence-corrected chi connectivity index (χ1v) is 6.68. The van der Waals surface area contributed by atoms with Gasteiger partial charge in [0.1, 0.15) is 5.75 Å². The predicted octanol–water partition coefficient (Wildman–Crippen LogP) is 1.49. The Labute approximate surface area is 110 Å². The van der Waals surface area contributed by atoms with Crippen LogP contribution in [0.3, 0.4) is 0 Å². The molecule has 1 aromatic rings. The minimum atomic E-state index is -0.0696. The van der Waals surface area contributed by atoms with E-state index in [0.717, 1.165) is 24.5 Å². The zero-order chi connectivity index (χ0) is 13.0. The van der Waals surface area contributed by atoms with Crippen LogP contribution in [0.15, 0.2) is 29.3 Å². The molecule has 0 saturated heterocycles. The van der Waals surface area contributed by atoms with Crippen LogP contribution in [0.1, 0.15) is 17.9 Å². The van der Waals surface area contributed by atoms with Crippen LogP contribution in [0, 0.1) is 5.41 Å². The van der Waals surface area contributed by atoms with E-state index in [2.05, 4.69) is 11.1 Å². The van der Waals surface area contributed by atoms with Gasteiger partial charge in [0.2, 0.25) is 0 Å². The highest BCUT2D eigenvalue weighted by Gasteiger charge is 2.21. The molecule has 0 spiro atoms. The Hall–Kier alpha value is -1.69. The number of rotatable bonds is 2. The van der Waals surface area contributed by atoms with Gasteiger partial charge in [-0.25, -0.2) is 0 Å². The normalized spacial score (nSPS) is 17.4. The molecule has 1 heterocycles. The number of nitrogens with one attached hydrogen (secondary N) is 1. The lowest BCUT2D eigenvalue weighted by Crippen LogP contribution is -2.23. The van der Waals surface area contributed by atoms with E-state index >= 15 is 0 Å². The minimum Gasteiger partial charge on any atom is -0.493 e. The van der Waals surface area contributed by atoms with Crippen LogP contribution in [0.2, 0.25) is 0 Å². The number of benzene rings is 1. The summed E-state index contributed by atoms with van der Waals surface area (Å²) in [6, 6.07) is 8.03. The number of amidine groups is 1. The van der Waals surface area contributed by atoms with Crippen molar-refractivity contribution in [3.05, 3.63) is 29.8 Å². The van der Waals surface area contributed by atoms with Gasteiger partial charge in [-0.15, -0.1) is 0 Å². The van der Waals surface area contributed by atoms with E-state index in [0.29, 0.717) is 5.92 Å². The second-order valence-electron chi connectivity index (χ2n) is 4.02. The molecule has 0 saturated carbocycles. The zero-order valence-electron chi connectivity index (χ0n) is 9.93. The number of fused-ring (bicyclic) bond motifs is 1. The maximum atomic E-state index is 7.61. The highest BCUT2D eigenvalue weighted by atomic mass is 32.2. The van der Waals surface area contributed by atoms with Gasteiger partial charge in [-0.05, 0) is 18.1 Å². The topological polar surface area (TPSA) is 97.5 Å². The first kappa shape index (κ1) is 12.8. The van der Waals surface area contributed by atoms with Crippen LogP contribution < -0.4 is 16.2 Å². The number of thioether (sulfide) groups is 1. The standard InChI is InChI=1S/C12H16N4OS/c13-11(14)16-12(15)18-7-8-5-6-17-10-4-2-1-3-9(8)10/h1-4,8H,5-7H2,(H5,13,14,15,16). The van der Waals surface area contributed by atoms with Crippen molar-refractivity contribution in [3.8, 4) is 5.75 Å². The number of para-hydroxylation sites is 1. The Morgan fingerprint density at radius 1 is 1.44 bits per heavy atom. The molecule has 0 amide bonds. The Morgan fingerprint density at radius 3 is 3.00 bits per heavy atom. The summed E-state index contributed by atoms with van der Waals surface area (Å²) in [5.74, 6) is 2.05. The molecule has 0 bridgehead atoms. The summed E-state index contributed by atoms with van der Waals surface area (Å²) in [6.45, 7) is 0.720. The molecule has 2 rings (SSSR count). The summed E-state index contributed by atoms with van der Waals surface area (Å²) in [4.78, 5) is 3.70. The van der Waals surface area contributed by atoms with Gasteiger partial charge in [0.25, 0.3) is 0 Å². The van der Waals surface area contributed by atoms with Crippen LogP contribution in [0.5, 0.6) is 5.75 Å². The minimum absolute atomic E-state index is 0.0696. The molecule has 0 fully saturated rings. The van der Waals surface area contributed by atoms with Crippen molar-refractivity contribution in [2.24, 2.45) is 16.5 Å². The zero-order valence-corrected chi connectivity index (χ0v) is 10.7. The summed E-state index contributed by atoms with van der Waals surface area (Å²) in [7, 11) is 0. The third kappa shape index (κ3) is 3.16. The summed E-state index contributed by atoms with van der Waals surface area (Å²) >= 11 is 1.36. The van der Waals surface area contributed by atoms with Gasteiger partial charge >= 0.3 is 0 Å². The maximum Gasteiger partial charge on any atom is 0.193 e. The maximum absolute atomic E-state index is 7.61. The first-order chi connectivity index (χ1) is 8.66. The third-order valence-electron chi connectivity index (χ3n) is 2.73. The monoisotopic (exact) mass is 264 g/mol. The smallest absolute Gasteiger partial charge is 0.193 e. The van der Waals surface area contributed by atoms with Crippen LogP contribution >= 0.6 is 11.8 Å². The molecule has 1 atom stereocenters. The molecule has 1 unspecified atom stereocenters. The van der Waals surface area contributed by atoms with Crippen molar-refractivity contribution >= 4 is 22.9 Å².